The van der Waals surface area contributed by atoms with Crippen molar-refractivity contribution in [3.63, 3.8) is 0 Å². The molecule has 0 aromatic rings. The summed E-state index contributed by atoms with van der Waals surface area (Å²) in [6, 6.07) is 0. The third kappa shape index (κ3) is 1.09. The molecule has 0 bridgehead atoms. The Hall–Kier alpha value is 0.290. The van der Waals surface area contributed by atoms with Gasteiger partial charge in [-0.3, -0.25) is 0 Å². The average Bonchev–Trinajstić information content (AvgIpc) is 1.91. The minimum Gasteiger partial charge on any atom is -0.123 e. The highest BCUT2D eigenvalue weighted by atomic mass is 35.5. The third-order valence-corrected chi connectivity index (χ3v) is 2.41. The van der Waals surface area contributed by atoms with Gasteiger partial charge in [-0.2, -0.15) is 0 Å². The predicted molar refractivity (Wildman–Crippen MR) is 32.7 cm³/mol. The lowest BCUT2D eigenvalue weighted by Crippen LogP contribution is -1.99. The molecule has 1 aliphatic rings. The van der Waals surface area contributed by atoms with Crippen LogP contribution < -0.4 is 0 Å². The van der Waals surface area contributed by atoms with Crippen molar-refractivity contribution in [3.8, 4) is 0 Å². The van der Waals surface area contributed by atoms with Crippen molar-refractivity contribution >= 4 is 11.6 Å². The molecule has 42 valence electrons. The molecule has 0 spiro atoms. The van der Waals surface area contributed by atoms with Gasteiger partial charge in [0.2, 0.25) is 0 Å². The topological polar surface area (TPSA) is 0 Å². The van der Waals surface area contributed by atoms with E-state index in [1.54, 1.807) is 0 Å². The zero-order valence-corrected chi connectivity index (χ0v) is 5.41. The van der Waals surface area contributed by atoms with Crippen LogP contribution in [0.3, 0.4) is 0 Å². The summed E-state index contributed by atoms with van der Waals surface area (Å²) in [4.78, 5) is 0. The van der Waals surface area contributed by atoms with E-state index in [9.17, 15) is 0 Å². The van der Waals surface area contributed by atoms with Gasteiger partial charge in [0.25, 0.3) is 0 Å². The fraction of sp³-hybridized carbons (Fsp3) is 1.00. The van der Waals surface area contributed by atoms with E-state index < -0.39 is 0 Å². The van der Waals surface area contributed by atoms with E-state index in [-0.39, 0.29) is 0 Å². The number of halogens is 1. The fourth-order valence-electron chi connectivity index (χ4n) is 1.10. The summed E-state index contributed by atoms with van der Waals surface area (Å²) in [5, 5.41) is 0.486. The second-order valence-corrected chi connectivity index (χ2v) is 2.98. The molecule has 0 amide bonds. The van der Waals surface area contributed by atoms with Crippen LogP contribution in [0.15, 0.2) is 0 Å². The Morgan fingerprint density at radius 2 is 2.14 bits per heavy atom. The summed E-state index contributed by atoms with van der Waals surface area (Å²) in [6.45, 7) is 2.23. The fourth-order valence-corrected chi connectivity index (χ4v) is 1.38. The molecule has 1 rings (SSSR count). The van der Waals surface area contributed by atoms with Crippen LogP contribution in [0.5, 0.6) is 0 Å². The lowest BCUT2D eigenvalue weighted by Gasteiger charge is -2.02. The van der Waals surface area contributed by atoms with Crippen LogP contribution in [0.2, 0.25) is 0 Å². The maximum atomic E-state index is 5.86. The SMILES string of the molecule is CC1CCC[C@H]1Cl. The van der Waals surface area contributed by atoms with Crippen molar-refractivity contribution in [3.05, 3.63) is 0 Å². The number of alkyl halides is 1. The van der Waals surface area contributed by atoms with Crippen LogP contribution in [0, 0.1) is 5.92 Å². The average molecular weight is 119 g/mol. The second kappa shape index (κ2) is 2.04. The van der Waals surface area contributed by atoms with Gasteiger partial charge < -0.3 is 0 Å². The van der Waals surface area contributed by atoms with Crippen LogP contribution in [-0.2, 0) is 0 Å². The first kappa shape index (κ1) is 5.43. The van der Waals surface area contributed by atoms with E-state index in [0.29, 0.717) is 5.38 Å². The van der Waals surface area contributed by atoms with Gasteiger partial charge in [0.1, 0.15) is 0 Å². The lowest BCUT2D eigenvalue weighted by atomic mass is 10.1. The highest BCUT2D eigenvalue weighted by Crippen LogP contribution is 2.28. The van der Waals surface area contributed by atoms with E-state index in [1.807, 2.05) is 0 Å². The van der Waals surface area contributed by atoms with Gasteiger partial charge in [-0.05, 0) is 18.8 Å². The Bertz CT molecular complexity index is 53.2. The van der Waals surface area contributed by atoms with E-state index in [0.717, 1.165) is 5.92 Å². The van der Waals surface area contributed by atoms with Gasteiger partial charge in [0, 0.05) is 5.38 Å². The first-order valence-corrected chi connectivity index (χ1v) is 3.38. The van der Waals surface area contributed by atoms with Crippen molar-refractivity contribution in [2.75, 3.05) is 0 Å². The van der Waals surface area contributed by atoms with Crippen molar-refractivity contribution in [1.82, 2.24) is 0 Å². The summed E-state index contributed by atoms with van der Waals surface area (Å²) in [6.07, 6.45) is 3.92. The summed E-state index contributed by atoms with van der Waals surface area (Å²) < 4.78 is 0. The molecule has 1 aliphatic carbocycles. The molecule has 0 aromatic carbocycles. The predicted octanol–water partition coefficient (Wildman–Crippen LogP) is 2.41. The molecular formula is C6H11Cl. The Morgan fingerprint density at radius 1 is 1.43 bits per heavy atom. The summed E-state index contributed by atoms with van der Waals surface area (Å²) in [7, 11) is 0. The summed E-state index contributed by atoms with van der Waals surface area (Å²) in [5.74, 6) is 0.779. The molecule has 0 heterocycles. The van der Waals surface area contributed by atoms with Gasteiger partial charge in [0.05, 0.1) is 0 Å². The molecular weight excluding hydrogens is 108 g/mol. The molecule has 1 saturated carbocycles. The second-order valence-electron chi connectivity index (χ2n) is 2.42. The molecule has 2 atom stereocenters. The third-order valence-electron chi connectivity index (χ3n) is 1.76. The molecule has 7 heavy (non-hydrogen) atoms. The Balaban J connectivity index is 2.33. The zero-order valence-electron chi connectivity index (χ0n) is 4.65. The number of rotatable bonds is 0. The molecule has 0 saturated heterocycles. The van der Waals surface area contributed by atoms with Crippen LogP contribution >= 0.6 is 11.6 Å². The molecule has 1 unspecified atom stereocenters. The largest absolute Gasteiger partial charge is 0.123 e. The van der Waals surface area contributed by atoms with E-state index >= 15 is 0 Å². The number of hydrogen-bond acceptors (Lipinski definition) is 0. The van der Waals surface area contributed by atoms with E-state index in [1.165, 1.54) is 19.3 Å². The van der Waals surface area contributed by atoms with Crippen molar-refractivity contribution in [2.24, 2.45) is 5.92 Å². The minimum atomic E-state index is 0.486. The zero-order chi connectivity index (χ0) is 5.28. The smallest absolute Gasteiger partial charge is 0.0361 e. The van der Waals surface area contributed by atoms with Gasteiger partial charge in [0.15, 0.2) is 0 Å². The van der Waals surface area contributed by atoms with Gasteiger partial charge in [-0.15, -0.1) is 11.6 Å². The number of hydrogen-bond donors (Lipinski definition) is 0. The van der Waals surface area contributed by atoms with Crippen molar-refractivity contribution in [2.45, 2.75) is 31.6 Å². The van der Waals surface area contributed by atoms with Gasteiger partial charge >= 0.3 is 0 Å². The Labute approximate surface area is 49.9 Å². The van der Waals surface area contributed by atoms with Crippen LogP contribution in [0.25, 0.3) is 0 Å². The van der Waals surface area contributed by atoms with Crippen molar-refractivity contribution < 1.29 is 0 Å². The highest BCUT2D eigenvalue weighted by molar-refractivity contribution is 6.20. The molecule has 1 heteroatoms. The summed E-state index contributed by atoms with van der Waals surface area (Å²) >= 11 is 5.86. The van der Waals surface area contributed by atoms with Gasteiger partial charge in [-0.1, -0.05) is 13.3 Å². The quantitative estimate of drug-likeness (QED) is 0.429. The van der Waals surface area contributed by atoms with Crippen LogP contribution in [-0.4, -0.2) is 5.38 Å². The lowest BCUT2D eigenvalue weighted by molar-refractivity contribution is 0.619. The molecule has 0 aromatic heterocycles. The first-order chi connectivity index (χ1) is 3.30. The molecule has 0 nitrogen and oxygen atoms in total. The standard InChI is InChI=1S/C6H11Cl/c1-5-3-2-4-6(5)7/h5-6H,2-4H2,1H3/t5?,6-/m1/s1. The summed E-state index contributed by atoms with van der Waals surface area (Å²) in [5.41, 5.74) is 0. The normalized spacial score (nSPS) is 42.0. The van der Waals surface area contributed by atoms with E-state index in [4.69, 9.17) is 11.6 Å². The monoisotopic (exact) mass is 118 g/mol. The minimum absolute atomic E-state index is 0.486. The highest BCUT2D eigenvalue weighted by Gasteiger charge is 2.19. The molecule has 1 fully saturated rings. The first-order valence-electron chi connectivity index (χ1n) is 2.95. The maximum Gasteiger partial charge on any atom is 0.0361 e. The maximum absolute atomic E-state index is 5.86. The molecule has 0 radical (unpaired) electrons. The molecule has 0 aliphatic heterocycles. The Morgan fingerprint density at radius 3 is 2.29 bits per heavy atom. The molecule has 0 N–H and O–H groups in total. The van der Waals surface area contributed by atoms with Crippen LogP contribution in [0.4, 0.5) is 0 Å². The van der Waals surface area contributed by atoms with E-state index in [2.05, 4.69) is 6.92 Å². The van der Waals surface area contributed by atoms with Gasteiger partial charge in [-0.25, -0.2) is 0 Å². The van der Waals surface area contributed by atoms with Crippen LogP contribution in [0.1, 0.15) is 26.2 Å². The van der Waals surface area contributed by atoms with Crippen molar-refractivity contribution in [1.29, 1.82) is 0 Å². The Kier molecular flexibility index (Phi) is 1.58.